The van der Waals surface area contributed by atoms with E-state index in [4.69, 9.17) is 14.2 Å². The standard InChI is InChI=1S/C33H58O3/c1-22(2)8-7-9-23(3)28-13-14-29-27-12-10-24-20-25(35-31-15-11-26(36-31)21-34-6)16-18-32(24,4)30(27)17-19-33(28,29)5/h22-31H,7-21H2,1-6H3/t23-,24-,25+,26-,27-,28+,29-,30-,31?,32-,33+/m0/s1. The van der Waals surface area contributed by atoms with Gasteiger partial charge in [0, 0.05) is 13.5 Å². The van der Waals surface area contributed by atoms with E-state index in [1.165, 1.54) is 77.0 Å². The van der Waals surface area contributed by atoms with Gasteiger partial charge in [0.2, 0.25) is 0 Å². The highest BCUT2D eigenvalue weighted by atomic mass is 16.7. The van der Waals surface area contributed by atoms with Crippen molar-refractivity contribution < 1.29 is 14.2 Å². The maximum atomic E-state index is 6.55. The molecule has 36 heavy (non-hydrogen) atoms. The van der Waals surface area contributed by atoms with Crippen LogP contribution in [0.5, 0.6) is 0 Å². The Labute approximate surface area is 223 Å². The molecule has 5 rings (SSSR count). The van der Waals surface area contributed by atoms with E-state index in [2.05, 4.69) is 34.6 Å². The molecule has 0 N–H and O–H groups in total. The average Bonchev–Trinajstić information content (AvgIpc) is 3.42. The van der Waals surface area contributed by atoms with Crippen molar-refractivity contribution in [2.75, 3.05) is 13.7 Å². The van der Waals surface area contributed by atoms with Crippen molar-refractivity contribution >= 4 is 0 Å². The Kier molecular flexibility index (Phi) is 8.51. The van der Waals surface area contributed by atoms with Crippen LogP contribution in [0.15, 0.2) is 0 Å². The summed E-state index contributed by atoms with van der Waals surface area (Å²) in [6.07, 6.45) is 19.9. The van der Waals surface area contributed by atoms with Crippen LogP contribution in [0.4, 0.5) is 0 Å². The summed E-state index contributed by atoms with van der Waals surface area (Å²) in [6.45, 7) is 13.5. The molecular formula is C33H58O3. The summed E-state index contributed by atoms with van der Waals surface area (Å²) in [6, 6.07) is 0. The molecule has 208 valence electrons. The lowest BCUT2D eigenvalue weighted by molar-refractivity contribution is -0.197. The first-order chi connectivity index (χ1) is 17.2. The molecular weight excluding hydrogens is 444 g/mol. The lowest BCUT2D eigenvalue weighted by Gasteiger charge is -2.61. The normalized spacial score (nSPS) is 47.4. The van der Waals surface area contributed by atoms with Crippen LogP contribution in [0, 0.1) is 52.3 Å². The van der Waals surface area contributed by atoms with Crippen LogP contribution in [-0.2, 0) is 14.2 Å². The first-order valence-electron chi connectivity index (χ1n) is 16.0. The zero-order valence-electron chi connectivity index (χ0n) is 24.6. The molecule has 3 heteroatoms. The van der Waals surface area contributed by atoms with Gasteiger partial charge in [0.15, 0.2) is 6.29 Å². The first kappa shape index (κ1) is 27.4. The molecule has 1 aliphatic heterocycles. The van der Waals surface area contributed by atoms with Gasteiger partial charge in [0.05, 0.1) is 18.8 Å². The molecule has 4 aliphatic carbocycles. The van der Waals surface area contributed by atoms with Gasteiger partial charge in [0.25, 0.3) is 0 Å². The van der Waals surface area contributed by atoms with Crippen LogP contribution in [-0.4, -0.2) is 32.2 Å². The zero-order valence-corrected chi connectivity index (χ0v) is 24.6. The number of hydrogen-bond acceptors (Lipinski definition) is 3. The smallest absolute Gasteiger partial charge is 0.158 e. The number of ether oxygens (including phenoxy) is 3. The van der Waals surface area contributed by atoms with Crippen molar-refractivity contribution in [1.82, 2.24) is 0 Å². The molecule has 1 heterocycles. The van der Waals surface area contributed by atoms with E-state index in [-0.39, 0.29) is 12.4 Å². The molecule has 1 unspecified atom stereocenters. The number of methoxy groups -OCH3 is 1. The van der Waals surface area contributed by atoms with Gasteiger partial charge in [-0.2, -0.15) is 0 Å². The second-order valence-corrected chi connectivity index (χ2v) is 14.9. The van der Waals surface area contributed by atoms with E-state index in [1.807, 2.05) is 0 Å². The molecule has 5 aliphatic rings. The molecule has 0 spiro atoms. The van der Waals surface area contributed by atoms with E-state index in [1.54, 1.807) is 7.11 Å². The third-order valence-electron chi connectivity index (χ3n) is 12.6. The summed E-state index contributed by atoms with van der Waals surface area (Å²) in [4.78, 5) is 0. The zero-order chi connectivity index (χ0) is 25.5. The highest BCUT2D eigenvalue weighted by Crippen LogP contribution is 2.68. The van der Waals surface area contributed by atoms with E-state index in [0.29, 0.717) is 23.5 Å². The van der Waals surface area contributed by atoms with Crippen molar-refractivity contribution in [1.29, 1.82) is 0 Å². The second kappa shape index (κ2) is 11.2. The van der Waals surface area contributed by atoms with Gasteiger partial charge in [0.1, 0.15) is 0 Å². The van der Waals surface area contributed by atoms with Crippen molar-refractivity contribution in [2.24, 2.45) is 52.3 Å². The van der Waals surface area contributed by atoms with Crippen LogP contribution < -0.4 is 0 Å². The Hall–Kier alpha value is -0.120. The molecule has 11 atom stereocenters. The summed E-state index contributed by atoms with van der Waals surface area (Å²) in [5.41, 5.74) is 1.15. The largest absolute Gasteiger partial charge is 0.382 e. The van der Waals surface area contributed by atoms with Gasteiger partial charge in [-0.3, -0.25) is 0 Å². The fraction of sp³-hybridized carbons (Fsp3) is 1.00. The molecule has 3 nitrogen and oxygen atoms in total. The average molecular weight is 503 g/mol. The van der Waals surface area contributed by atoms with Crippen molar-refractivity contribution in [3.05, 3.63) is 0 Å². The Morgan fingerprint density at radius 1 is 0.833 bits per heavy atom. The number of fused-ring (bicyclic) bond motifs is 5. The maximum Gasteiger partial charge on any atom is 0.158 e. The Morgan fingerprint density at radius 3 is 2.39 bits per heavy atom. The summed E-state index contributed by atoms with van der Waals surface area (Å²) < 4.78 is 18.0. The van der Waals surface area contributed by atoms with Gasteiger partial charge in [-0.1, -0.05) is 53.9 Å². The number of rotatable bonds is 9. The highest BCUT2D eigenvalue weighted by Gasteiger charge is 2.60. The predicted molar refractivity (Wildman–Crippen MR) is 148 cm³/mol. The molecule has 5 fully saturated rings. The van der Waals surface area contributed by atoms with E-state index in [0.717, 1.165) is 54.3 Å². The van der Waals surface area contributed by atoms with Crippen LogP contribution in [0.25, 0.3) is 0 Å². The second-order valence-electron chi connectivity index (χ2n) is 14.9. The minimum Gasteiger partial charge on any atom is -0.382 e. The quantitative estimate of drug-likeness (QED) is 0.316. The molecule has 0 radical (unpaired) electrons. The molecule has 0 bridgehead atoms. The lowest BCUT2D eigenvalue weighted by Crippen LogP contribution is -2.54. The molecule has 1 saturated heterocycles. The van der Waals surface area contributed by atoms with E-state index in [9.17, 15) is 0 Å². The first-order valence-corrected chi connectivity index (χ1v) is 16.0. The topological polar surface area (TPSA) is 27.7 Å². The maximum absolute atomic E-state index is 6.55. The minimum atomic E-state index is 0.00387. The SMILES string of the molecule is COC[C@@H]1CCC(O[C@@H]2CC[C@@]3(C)[C@@H](CC[C@@H]4[C@@H]3CC[C@]3(C)[C@@H]([C@@H](C)CCCC(C)C)CC[C@@H]43)C2)O1. The fourth-order valence-corrected chi connectivity index (χ4v) is 10.7. The van der Waals surface area contributed by atoms with Crippen LogP contribution in [0.1, 0.15) is 125 Å². The van der Waals surface area contributed by atoms with Gasteiger partial charge in [-0.05, 0) is 116 Å². The Balaban J connectivity index is 1.18. The summed E-state index contributed by atoms with van der Waals surface area (Å²) in [5, 5.41) is 0. The minimum absolute atomic E-state index is 0.00387. The van der Waals surface area contributed by atoms with Crippen molar-refractivity contribution in [3.8, 4) is 0 Å². The molecule has 0 aromatic carbocycles. The summed E-state index contributed by atoms with van der Waals surface area (Å²) in [7, 11) is 1.77. The van der Waals surface area contributed by atoms with Gasteiger partial charge in [-0.25, -0.2) is 0 Å². The lowest BCUT2D eigenvalue weighted by atomic mass is 9.44. The molecule has 4 saturated carbocycles. The van der Waals surface area contributed by atoms with Gasteiger partial charge >= 0.3 is 0 Å². The highest BCUT2D eigenvalue weighted by molar-refractivity contribution is 5.09. The van der Waals surface area contributed by atoms with Crippen LogP contribution in [0.2, 0.25) is 0 Å². The third-order valence-corrected chi connectivity index (χ3v) is 12.6. The van der Waals surface area contributed by atoms with Crippen molar-refractivity contribution in [2.45, 2.75) is 143 Å². The van der Waals surface area contributed by atoms with Crippen LogP contribution >= 0.6 is 0 Å². The Morgan fingerprint density at radius 2 is 1.61 bits per heavy atom. The monoisotopic (exact) mass is 502 g/mol. The van der Waals surface area contributed by atoms with Crippen molar-refractivity contribution in [3.63, 3.8) is 0 Å². The molecule has 0 aromatic heterocycles. The third kappa shape index (κ3) is 5.21. The summed E-state index contributed by atoms with van der Waals surface area (Å²) >= 11 is 0. The fourth-order valence-electron chi connectivity index (χ4n) is 10.7. The predicted octanol–water partition coefficient (Wildman–Crippen LogP) is 8.64. The number of hydrogen-bond donors (Lipinski definition) is 0. The van der Waals surface area contributed by atoms with Crippen LogP contribution in [0.3, 0.4) is 0 Å². The van der Waals surface area contributed by atoms with E-state index >= 15 is 0 Å². The summed E-state index contributed by atoms with van der Waals surface area (Å²) in [5.74, 6) is 6.53. The Bertz CT molecular complexity index is 722. The van der Waals surface area contributed by atoms with Gasteiger partial charge < -0.3 is 14.2 Å². The van der Waals surface area contributed by atoms with Gasteiger partial charge in [-0.15, -0.1) is 0 Å². The molecule has 0 amide bonds. The van der Waals surface area contributed by atoms with E-state index < -0.39 is 0 Å². The molecule has 0 aromatic rings.